The number of fused-ring (bicyclic) bond motifs is 3. The zero-order valence-electron chi connectivity index (χ0n) is 17.1. The third-order valence-electron chi connectivity index (χ3n) is 5.93. The van der Waals surface area contributed by atoms with E-state index < -0.39 is 0 Å². The lowest BCUT2D eigenvalue weighted by molar-refractivity contribution is 1.29. The second-order valence-corrected chi connectivity index (χ2v) is 7.94. The van der Waals surface area contributed by atoms with Crippen LogP contribution in [0.2, 0.25) is 0 Å². The molecule has 0 atom stereocenters. The summed E-state index contributed by atoms with van der Waals surface area (Å²) in [7, 11) is 0. The minimum absolute atomic E-state index is 1.15. The predicted molar refractivity (Wildman–Crippen MR) is 134 cm³/mol. The highest BCUT2D eigenvalue weighted by atomic mass is 15.1. The van der Waals surface area contributed by atoms with Crippen LogP contribution in [0.25, 0.3) is 32.3 Å². The highest BCUT2D eigenvalue weighted by Gasteiger charge is 2.12. The topological polar surface area (TPSA) is 3.24 Å². The van der Waals surface area contributed by atoms with Crippen molar-refractivity contribution in [3.63, 3.8) is 0 Å². The third kappa shape index (κ3) is 3.21. The molecule has 1 heteroatoms. The fraction of sp³-hybridized carbons (Fsp3) is 0. The van der Waals surface area contributed by atoms with Crippen LogP contribution in [0.3, 0.4) is 0 Å². The van der Waals surface area contributed by atoms with Gasteiger partial charge in [0.25, 0.3) is 0 Å². The molecule has 1 nitrogen and oxygen atoms in total. The van der Waals surface area contributed by atoms with Crippen LogP contribution < -0.4 is 4.90 Å². The molecule has 0 bridgehead atoms. The molecular formula is C30H21N. The second-order valence-electron chi connectivity index (χ2n) is 7.94. The summed E-state index contributed by atoms with van der Waals surface area (Å²) in [6.45, 7) is 0. The summed E-state index contributed by atoms with van der Waals surface area (Å²) in [5.41, 5.74) is 3.46. The Hall–Kier alpha value is -4.10. The molecule has 6 aromatic rings. The Labute approximate surface area is 181 Å². The van der Waals surface area contributed by atoms with E-state index in [9.17, 15) is 0 Å². The maximum absolute atomic E-state index is 2.31. The first kappa shape index (κ1) is 17.7. The van der Waals surface area contributed by atoms with Gasteiger partial charge in [0, 0.05) is 17.1 Å². The predicted octanol–water partition coefficient (Wildman–Crippen LogP) is 8.62. The van der Waals surface area contributed by atoms with Gasteiger partial charge in [-0.25, -0.2) is 0 Å². The van der Waals surface area contributed by atoms with E-state index in [0.717, 1.165) is 17.1 Å². The van der Waals surface area contributed by atoms with Crippen molar-refractivity contribution < 1.29 is 0 Å². The molecule has 0 aromatic heterocycles. The van der Waals surface area contributed by atoms with E-state index in [1.54, 1.807) is 0 Å². The zero-order chi connectivity index (χ0) is 20.6. The third-order valence-corrected chi connectivity index (χ3v) is 5.93. The summed E-state index contributed by atoms with van der Waals surface area (Å²) < 4.78 is 0. The molecule has 146 valence electrons. The lowest BCUT2D eigenvalue weighted by atomic mass is 9.99. The molecule has 0 amide bonds. The van der Waals surface area contributed by atoms with E-state index in [0.29, 0.717) is 0 Å². The minimum atomic E-state index is 1.15. The van der Waals surface area contributed by atoms with Crippen molar-refractivity contribution in [1.82, 2.24) is 0 Å². The molecule has 0 aliphatic heterocycles. The van der Waals surface area contributed by atoms with Crippen LogP contribution in [0.15, 0.2) is 127 Å². The van der Waals surface area contributed by atoms with Crippen LogP contribution >= 0.6 is 0 Å². The van der Waals surface area contributed by atoms with Crippen LogP contribution in [-0.4, -0.2) is 0 Å². The van der Waals surface area contributed by atoms with Gasteiger partial charge in [-0.1, -0.05) is 66.7 Å². The van der Waals surface area contributed by atoms with Crippen LogP contribution in [0, 0.1) is 0 Å². The average Bonchev–Trinajstić information content (AvgIpc) is 2.83. The van der Waals surface area contributed by atoms with E-state index >= 15 is 0 Å². The summed E-state index contributed by atoms with van der Waals surface area (Å²) in [5.74, 6) is 0. The van der Waals surface area contributed by atoms with Crippen molar-refractivity contribution in [2.75, 3.05) is 4.90 Å². The highest BCUT2D eigenvalue weighted by molar-refractivity contribution is 6.05. The molecule has 6 aromatic carbocycles. The van der Waals surface area contributed by atoms with Gasteiger partial charge < -0.3 is 4.90 Å². The quantitative estimate of drug-likeness (QED) is 0.271. The molecule has 0 radical (unpaired) electrons. The summed E-state index contributed by atoms with van der Waals surface area (Å²) in [4.78, 5) is 2.31. The van der Waals surface area contributed by atoms with E-state index in [4.69, 9.17) is 0 Å². The van der Waals surface area contributed by atoms with Crippen LogP contribution in [-0.2, 0) is 0 Å². The fourth-order valence-corrected chi connectivity index (χ4v) is 4.42. The molecule has 0 unspecified atom stereocenters. The van der Waals surface area contributed by atoms with E-state index in [1.165, 1.54) is 32.3 Å². The van der Waals surface area contributed by atoms with Crippen molar-refractivity contribution in [3.8, 4) is 0 Å². The number of para-hydroxylation sites is 2. The summed E-state index contributed by atoms with van der Waals surface area (Å²) >= 11 is 0. The molecule has 6 rings (SSSR count). The number of hydrogen-bond acceptors (Lipinski definition) is 1. The Morgan fingerprint density at radius 2 is 0.710 bits per heavy atom. The number of nitrogens with zero attached hydrogens (tertiary/aromatic N) is 1. The molecule has 0 N–H and O–H groups in total. The molecule has 0 spiro atoms. The van der Waals surface area contributed by atoms with Gasteiger partial charge in [-0.2, -0.15) is 0 Å². The SMILES string of the molecule is c1ccc(N(c2ccccc2)c2ccc3cc4cc5ccccc5cc4cc3c2)cc1. The molecule has 31 heavy (non-hydrogen) atoms. The maximum Gasteiger partial charge on any atom is 0.0468 e. The molecule has 0 saturated carbocycles. The Kier molecular flexibility index (Phi) is 4.18. The fourth-order valence-electron chi connectivity index (χ4n) is 4.42. The van der Waals surface area contributed by atoms with E-state index in [-0.39, 0.29) is 0 Å². The number of anilines is 3. The average molecular weight is 396 g/mol. The first-order valence-electron chi connectivity index (χ1n) is 10.6. The van der Waals surface area contributed by atoms with E-state index in [2.05, 4.69) is 132 Å². The van der Waals surface area contributed by atoms with Gasteiger partial charge in [-0.05, 0) is 93.0 Å². The largest absolute Gasteiger partial charge is 0.310 e. The summed E-state index contributed by atoms with van der Waals surface area (Å²) in [6, 6.07) is 45.6. The van der Waals surface area contributed by atoms with Gasteiger partial charge >= 0.3 is 0 Å². The van der Waals surface area contributed by atoms with Crippen molar-refractivity contribution in [1.29, 1.82) is 0 Å². The molecule has 0 saturated heterocycles. The first-order chi connectivity index (χ1) is 15.3. The van der Waals surface area contributed by atoms with Crippen molar-refractivity contribution in [2.45, 2.75) is 0 Å². The molecule has 0 aliphatic rings. The van der Waals surface area contributed by atoms with Gasteiger partial charge in [0.2, 0.25) is 0 Å². The van der Waals surface area contributed by atoms with Crippen molar-refractivity contribution in [3.05, 3.63) is 127 Å². The zero-order valence-corrected chi connectivity index (χ0v) is 17.1. The normalized spacial score (nSPS) is 11.2. The van der Waals surface area contributed by atoms with Gasteiger partial charge in [-0.3, -0.25) is 0 Å². The number of benzene rings is 6. The smallest absolute Gasteiger partial charge is 0.0468 e. The number of hydrogen-bond donors (Lipinski definition) is 0. The number of rotatable bonds is 3. The van der Waals surface area contributed by atoms with E-state index in [1.807, 2.05) is 0 Å². The summed E-state index contributed by atoms with van der Waals surface area (Å²) in [6.07, 6.45) is 0. The second kappa shape index (κ2) is 7.30. The van der Waals surface area contributed by atoms with Gasteiger partial charge in [-0.15, -0.1) is 0 Å². The molecule has 0 aliphatic carbocycles. The Morgan fingerprint density at radius 3 is 1.26 bits per heavy atom. The van der Waals surface area contributed by atoms with Crippen LogP contribution in [0.1, 0.15) is 0 Å². The Bertz CT molecular complexity index is 1480. The maximum atomic E-state index is 2.31. The highest BCUT2D eigenvalue weighted by Crippen LogP contribution is 2.36. The molecule has 0 fully saturated rings. The van der Waals surface area contributed by atoms with Crippen molar-refractivity contribution >= 4 is 49.4 Å². The van der Waals surface area contributed by atoms with Gasteiger partial charge in [0.15, 0.2) is 0 Å². The van der Waals surface area contributed by atoms with Gasteiger partial charge in [0.1, 0.15) is 0 Å². The minimum Gasteiger partial charge on any atom is -0.310 e. The van der Waals surface area contributed by atoms with Crippen LogP contribution in [0.4, 0.5) is 17.1 Å². The molecular weight excluding hydrogens is 374 g/mol. The Balaban J connectivity index is 1.55. The van der Waals surface area contributed by atoms with Gasteiger partial charge in [0.05, 0.1) is 0 Å². The summed E-state index contributed by atoms with van der Waals surface area (Å²) in [5, 5.41) is 7.62. The molecule has 0 heterocycles. The monoisotopic (exact) mass is 395 g/mol. The lowest BCUT2D eigenvalue weighted by Gasteiger charge is -2.25. The van der Waals surface area contributed by atoms with Crippen LogP contribution in [0.5, 0.6) is 0 Å². The first-order valence-corrected chi connectivity index (χ1v) is 10.6. The van der Waals surface area contributed by atoms with Crippen molar-refractivity contribution in [2.24, 2.45) is 0 Å². The standard InChI is InChI=1S/C30H21N/c1-3-11-28(12-4-1)31(29-13-5-2-6-14-29)30-16-15-24-19-25-17-22-9-7-8-10-23(22)18-26(25)20-27(24)21-30/h1-21H. The Morgan fingerprint density at radius 1 is 0.290 bits per heavy atom. The lowest BCUT2D eigenvalue weighted by Crippen LogP contribution is -2.09.